The molecule has 6 nitrogen and oxygen atoms in total. The zero-order chi connectivity index (χ0) is 16.8. The van der Waals surface area contributed by atoms with Crippen molar-refractivity contribution in [2.45, 2.75) is 27.4 Å². The SMILES string of the molecule is Cc1noc(C)c1COc1ccc(C(=O)NCC(C)CO)cc1. The molecule has 2 aromatic rings. The van der Waals surface area contributed by atoms with Crippen molar-refractivity contribution in [1.82, 2.24) is 10.5 Å². The molecular weight excluding hydrogens is 296 g/mol. The van der Waals surface area contributed by atoms with E-state index in [1.807, 2.05) is 20.8 Å². The molecule has 0 spiro atoms. The van der Waals surface area contributed by atoms with Crippen LogP contribution in [-0.2, 0) is 6.61 Å². The van der Waals surface area contributed by atoms with Crippen LogP contribution in [0.3, 0.4) is 0 Å². The Labute approximate surface area is 135 Å². The lowest BCUT2D eigenvalue weighted by Gasteiger charge is -2.10. The molecule has 1 atom stereocenters. The van der Waals surface area contributed by atoms with Gasteiger partial charge in [0.25, 0.3) is 5.91 Å². The van der Waals surface area contributed by atoms with Gasteiger partial charge in [-0.25, -0.2) is 0 Å². The summed E-state index contributed by atoms with van der Waals surface area (Å²) in [7, 11) is 0. The number of aliphatic hydroxyl groups excluding tert-OH is 1. The molecule has 1 unspecified atom stereocenters. The molecule has 2 rings (SSSR count). The van der Waals surface area contributed by atoms with Crippen molar-refractivity contribution in [1.29, 1.82) is 0 Å². The lowest BCUT2D eigenvalue weighted by molar-refractivity contribution is 0.0942. The molecule has 0 aliphatic rings. The minimum Gasteiger partial charge on any atom is -0.489 e. The number of carbonyl (C=O) groups excluding carboxylic acids is 1. The van der Waals surface area contributed by atoms with Crippen LogP contribution in [-0.4, -0.2) is 29.3 Å². The number of aryl methyl sites for hydroxylation is 2. The molecular formula is C17H22N2O4. The van der Waals surface area contributed by atoms with Gasteiger partial charge in [-0.05, 0) is 44.0 Å². The largest absolute Gasteiger partial charge is 0.489 e. The number of carbonyl (C=O) groups is 1. The van der Waals surface area contributed by atoms with Crippen molar-refractivity contribution in [2.75, 3.05) is 13.2 Å². The van der Waals surface area contributed by atoms with Crippen molar-refractivity contribution in [3.05, 3.63) is 46.8 Å². The van der Waals surface area contributed by atoms with Crippen molar-refractivity contribution in [2.24, 2.45) is 5.92 Å². The van der Waals surface area contributed by atoms with Crippen LogP contribution in [0.1, 0.15) is 34.3 Å². The number of nitrogens with one attached hydrogen (secondary N) is 1. The summed E-state index contributed by atoms with van der Waals surface area (Å²) in [5, 5.41) is 15.6. The fourth-order valence-electron chi connectivity index (χ4n) is 2.00. The molecule has 124 valence electrons. The van der Waals surface area contributed by atoms with Crippen molar-refractivity contribution >= 4 is 5.91 Å². The van der Waals surface area contributed by atoms with E-state index in [2.05, 4.69) is 10.5 Å². The fraction of sp³-hybridized carbons (Fsp3) is 0.412. The van der Waals surface area contributed by atoms with Gasteiger partial charge >= 0.3 is 0 Å². The summed E-state index contributed by atoms with van der Waals surface area (Å²) in [6, 6.07) is 6.92. The normalized spacial score (nSPS) is 12.0. The maximum Gasteiger partial charge on any atom is 0.251 e. The average Bonchev–Trinajstić information content (AvgIpc) is 2.89. The third-order valence-corrected chi connectivity index (χ3v) is 3.60. The second-order valence-electron chi connectivity index (χ2n) is 5.61. The highest BCUT2D eigenvalue weighted by atomic mass is 16.5. The number of aliphatic hydroxyl groups is 1. The number of aromatic nitrogens is 1. The molecule has 0 aliphatic heterocycles. The van der Waals surface area contributed by atoms with Gasteiger partial charge in [0.1, 0.15) is 18.1 Å². The summed E-state index contributed by atoms with van der Waals surface area (Å²) in [6.45, 7) is 6.45. The number of nitrogens with zero attached hydrogens (tertiary/aromatic N) is 1. The monoisotopic (exact) mass is 318 g/mol. The number of rotatable bonds is 7. The van der Waals surface area contributed by atoms with E-state index < -0.39 is 0 Å². The Hall–Kier alpha value is -2.34. The second-order valence-corrected chi connectivity index (χ2v) is 5.61. The summed E-state index contributed by atoms with van der Waals surface area (Å²) in [5.74, 6) is 1.29. The van der Waals surface area contributed by atoms with Gasteiger partial charge in [0.15, 0.2) is 0 Å². The Bertz CT molecular complexity index is 630. The second kappa shape index (κ2) is 7.78. The Balaban J connectivity index is 1.90. The average molecular weight is 318 g/mol. The topological polar surface area (TPSA) is 84.6 Å². The van der Waals surface area contributed by atoms with Crippen LogP contribution < -0.4 is 10.1 Å². The zero-order valence-corrected chi connectivity index (χ0v) is 13.6. The Morgan fingerprint density at radius 2 is 2.04 bits per heavy atom. The summed E-state index contributed by atoms with van der Waals surface area (Å²) in [5.41, 5.74) is 2.31. The van der Waals surface area contributed by atoms with Gasteiger partial charge in [0, 0.05) is 18.7 Å². The molecule has 0 radical (unpaired) electrons. The zero-order valence-electron chi connectivity index (χ0n) is 13.6. The first-order chi connectivity index (χ1) is 11.0. The van der Waals surface area contributed by atoms with E-state index in [0.717, 1.165) is 17.0 Å². The van der Waals surface area contributed by atoms with Crippen LogP contribution in [0, 0.1) is 19.8 Å². The molecule has 1 amide bonds. The number of hydrogen-bond donors (Lipinski definition) is 2. The summed E-state index contributed by atoms with van der Waals surface area (Å²) in [6.07, 6.45) is 0. The van der Waals surface area contributed by atoms with Crippen molar-refractivity contribution in [3.63, 3.8) is 0 Å². The molecule has 1 heterocycles. The summed E-state index contributed by atoms with van der Waals surface area (Å²) < 4.78 is 10.8. The molecule has 1 aromatic carbocycles. The number of ether oxygens (including phenoxy) is 1. The Kier molecular flexibility index (Phi) is 5.76. The standard InChI is InChI=1S/C17H22N2O4/c1-11(9-20)8-18-17(21)14-4-6-15(7-5-14)22-10-16-12(2)19-23-13(16)3/h4-7,11,20H,8-10H2,1-3H3,(H,18,21). The predicted molar refractivity (Wildman–Crippen MR) is 85.3 cm³/mol. The molecule has 1 aromatic heterocycles. The molecule has 23 heavy (non-hydrogen) atoms. The van der Waals surface area contributed by atoms with E-state index in [1.165, 1.54) is 0 Å². The highest BCUT2D eigenvalue weighted by Gasteiger charge is 2.10. The van der Waals surface area contributed by atoms with Crippen molar-refractivity contribution in [3.8, 4) is 5.75 Å². The van der Waals surface area contributed by atoms with Crippen molar-refractivity contribution < 1.29 is 19.2 Å². The molecule has 0 aliphatic carbocycles. The van der Waals surface area contributed by atoms with Crippen LogP contribution in [0.15, 0.2) is 28.8 Å². The van der Waals surface area contributed by atoms with Crippen LogP contribution in [0.25, 0.3) is 0 Å². The van der Waals surface area contributed by atoms with Gasteiger partial charge in [-0.1, -0.05) is 12.1 Å². The third-order valence-electron chi connectivity index (χ3n) is 3.60. The lowest BCUT2D eigenvalue weighted by atomic mass is 10.1. The molecule has 0 fully saturated rings. The number of amides is 1. The van der Waals surface area contributed by atoms with Crippen LogP contribution in [0.5, 0.6) is 5.75 Å². The summed E-state index contributed by atoms with van der Waals surface area (Å²) in [4.78, 5) is 12.0. The van der Waals surface area contributed by atoms with Gasteiger partial charge in [-0.15, -0.1) is 0 Å². The van der Waals surface area contributed by atoms with Crippen LogP contribution in [0.2, 0.25) is 0 Å². The Morgan fingerprint density at radius 3 is 2.61 bits per heavy atom. The molecule has 0 saturated carbocycles. The fourth-order valence-corrected chi connectivity index (χ4v) is 2.00. The summed E-state index contributed by atoms with van der Waals surface area (Å²) >= 11 is 0. The van der Waals surface area contributed by atoms with Crippen LogP contribution in [0.4, 0.5) is 0 Å². The van der Waals surface area contributed by atoms with Gasteiger partial charge < -0.3 is 19.7 Å². The van der Waals surface area contributed by atoms with E-state index in [9.17, 15) is 4.79 Å². The van der Waals surface area contributed by atoms with E-state index >= 15 is 0 Å². The van der Waals surface area contributed by atoms with Gasteiger partial charge in [0.05, 0.1) is 11.3 Å². The lowest BCUT2D eigenvalue weighted by Crippen LogP contribution is -2.29. The van der Waals surface area contributed by atoms with Gasteiger partial charge in [-0.2, -0.15) is 0 Å². The highest BCUT2D eigenvalue weighted by molar-refractivity contribution is 5.94. The first kappa shape index (κ1) is 17.0. The van der Waals surface area contributed by atoms with E-state index in [1.54, 1.807) is 24.3 Å². The minimum absolute atomic E-state index is 0.0385. The third kappa shape index (κ3) is 4.56. The first-order valence-electron chi connectivity index (χ1n) is 7.55. The molecule has 2 N–H and O–H groups in total. The minimum atomic E-state index is -0.164. The molecule has 0 bridgehead atoms. The van der Waals surface area contributed by atoms with Crippen LogP contribution >= 0.6 is 0 Å². The highest BCUT2D eigenvalue weighted by Crippen LogP contribution is 2.18. The molecule has 6 heteroatoms. The first-order valence-corrected chi connectivity index (χ1v) is 7.55. The predicted octanol–water partition coefficient (Wildman–Crippen LogP) is 2.23. The van der Waals surface area contributed by atoms with E-state index in [-0.39, 0.29) is 18.4 Å². The smallest absolute Gasteiger partial charge is 0.251 e. The van der Waals surface area contributed by atoms with E-state index in [4.69, 9.17) is 14.4 Å². The maximum absolute atomic E-state index is 12.0. The number of hydrogen-bond acceptors (Lipinski definition) is 5. The maximum atomic E-state index is 12.0. The molecule has 0 saturated heterocycles. The number of benzene rings is 1. The Morgan fingerprint density at radius 1 is 1.35 bits per heavy atom. The van der Waals surface area contributed by atoms with E-state index in [0.29, 0.717) is 24.5 Å². The quantitative estimate of drug-likeness (QED) is 0.818. The van der Waals surface area contributed by atoms with Gasteiger partial charge in [-0.3, -0.25) is 4.79 Å². The van der Waals surface area contributed by atoms with Gasteiger partial charge in [0.2, 0.25) is 0 Å².